The SMILES string of the molecule is Cc1cnc(-c2ccccc2)n1CC1CCN(Cc2cccc(F)c2)CC1. The van der Waals surface area contributed by atoms with Gasteiger partial charge in [-0.05, 0) is 56.5 Å². The minimum atomic E-state index is -0.147. The molecule has 3 aromatic rings. The Hall–Kier alpha value is -2.46. The first-order valence-electron chi connectivity index (χ1n) is 9.73. The molecule has 1 aromatic heterocycles. The van der Waals surface area contributed by atoms with Crippen LogP contribution in [0.15, 0.2) is 60.8 Å². The summed E-state index contributed by atoms with van der Waals surface area (Å²) < 4.78 is 15.7. The Morgan fingerprint density at radius 3 is 2.56 bits per heavy atom. The number of likely N-dealkylation sites (tertiary alicyclic amines) is 1. The van der Waals surface area contributed by atoms with Crippen LogP contribution >= 0.6 is 0 Å². The maximum Gasteiger partial charge on any atom is 0.140 e. The van der Waals surface area contributed by atoms with E-state index in [1.807, 2.05) is 18.3 Å². The number of aromatic nitrogens is 2. The third kappa shape index (κ3) is 4.28. The van der Waals surface area contributed by atoms with Crippen molar-refractivity contribution in [1.82, 2.24) is 14.5 Å². The molecule has 0 radical (unpaired) electrons. The minimum Gasteiger partial charge on any atom is -0.328 e. The molecule has 2 heterocycles. The van der Waals surface area contributed by atoms with E-state index in [1.54, 1.807) is 12.1 Å². The molecule has 0 atom stereocenters. The zero-order valence-corrected chi connectivity index (χ0v) is 15.8. The van der Waals surface area contributed by atoms with Crippen LogP contribution in [0.2, 0.25) is 0 Å². The van der Waals surface area contributed by atoms with Crippen molar-refractivity contribution in [2.75, 3.05) is 13.1 Å². The van der Waals surface area contributed by atoms with Crippen molar-refractivity contribution in [2.24, 2.45) is 5.92 Å². The van der Waals surface area contributed by atoms with Crippen LogP contribution in [0, 0.1) is 18.7 Å². The number of halogens is 1. The molecule has 0 amide bonds. The number of hydrogen-bond acceptors (Lipinski definition) is 2. The van der Waals surface area contributed by atoms with Gasteiger partial charge in [-0.2, -0.15) is 0 Å². The Morgan fingerprint density at radius 2 is 1.81 bits per heavy atom. The molecule has 0 unspecified atom stereocenters. The highest BCUT2D eigenvalue weighted by molar-refractivity contribution is 5.55. The lowest BCUT2D eigenvalue weighted by Gasteiger charge is -2.32. The van der Waals surface area contributed by atoms with Gasteiger partial charge in [0.1, 0.15) is 11.6 Å². The van der Waals surface area contributed by atoms with Gasteiger partial charge in [0.25, 0.3) is 0 Å². The number of imidazole rings is 1. The maximum atomic E-state index is 13.4. The van der Waals surface area contributed by atoms with E-state index in [2.05, 4.69) is 45.6 Å². The third-order valence-electron chi connectivity index (χ3n) is 5.53. The van der Waals surface area contributed by atoms with Crippen molar-refractivity contribution in [3.63, 3.8) is 0 Å². The first-order chi connectivity index (χ1) is 13.2. The van der Waals surface area contributed by atoms with E-state index in [-0.39, 0.29) is 5.82 Å². The number of nitrogens with zero attached hydrogens (tertiary/aromatic N) is 3. The number of benzene rings is 2. The van der Waals surface area contributed by atoms with Crippen LogP contribution in [-0.4, -0.2) is 27.5 Å². The van der Waals surface area contributed by atoms with Crippen LogP contribution in [0.1, 0.15) is 24.1 Å². The number of aryl methyl sites for hydroxylation is 1. The van der Waals surface area contributed by atoms with Gasteiger partial charge in [0, 0.05) is 30.5 Å². The summed E-state index contributed by atoms with van der Waals surface area (Å²) in [4.78, 5) is 7.08. The van der Waals surface area contributed by atoms with Crippen molar-refractivity contribution in [1.29, 1.82) is 0 Å². The molecule has 1 aliphatic heterocycles. The topological polar surface area (TPSA) is 21.1 Å². The van der Waals surface area contributed by atoms with Crippen LogP contribution in [0.25, 0.3) is 11.4 Å². The molecule has 140 valence electrons. The summed E-state index contributed by atoms with van der Waals surface area (Å²) in [5.74, 6) is 1.57. The Morgan fingerprint density at radius 1 is 1.04 bits per heavy atom. The molecule has 4 rings (SSSR count). The van der Waals surface area contributed by atoms with Crippen molar-refractivity contribution in [3.05, 3.63) is 77.9 Å². The molecular formula is C23H26FN3. The van der Waals surface area contributed by atoms with Crippen LogP contribution in [-0.2, 0) is 13.1 Å². The lowest BCUT2D eigenvalue weighted by molar-refractivity contribution is 0.167. The zero-order valence-electron chi connectivity index (χ0n) is 15.8. The molecule has 0 N–H and O–H groups in total. The molecule has 1 saturated heterocycles. The second-order valence-corrected chi connectivity index (χ2v) is 7.55. The van der Waals surface area contributed by atoms with Crippen LogP contribution < -0.4 is 0 Å². The molecule has 0 aliphatic carbocycles. The molecule has 0 saturated carbocycles. The highest BCUT2D eigenvalue weighted by atomic mass is 19.1. The molecule has 0 bridgehead atoms. The van der Waals surface area contributed by atoms with E-state index < -0.39 is 0 Å². The van der Waals surface area contributed by atoms with E-state index in [9.17, 15) is 4.39 Å². The van der Waals surface area contributed by atoms with E-state index in [0.29, 0.717) is 5.92 Å². The Balaban J connectivity index is 1.38. The second kappa shape index (κ2) is 8.05. The normalized spacial score (nSPS) is 15.9. The second-order valence-electron chi connectivity index (χ2n) is 7.55. The molecule has 0 spiro atoms. The number of rotatable bonds is 5. The van der Waals surface area contributed by atoms with E-state index in [1.165, 1.54) is 30.2 Å². The van der Waals surface area contributed by atoms with E-state index >= 15 is 0 Å². The predicted molar refractivity (Wildman–Crippen MR) is 107 cm³/mol. The quantitative estimate of drug-likeness (QED) is 0.642. The summed E-state index contributed by atoms with van der Waals surface area (Å²) in [5, 5.41) is 0. The fourth-order valence-corrected chi connectivity index (χ4v) is 3.99. The van der Waals surface area contributed by atoms with Crippen molar-refractivity contribution < 1.29 is 4.39 Å². The van der Waals surface area contributed by atoms with E-state index in [0.717, 1.165) is 37.6 Å². The Labute approximate surface area is 160 Å². The number of piperidine rings is 1. The van der Waals surface area contributed by atoms with Gasteiger partial charge in [0.2, 0.25) is 0 Å². The lowest BCUT2D eigenvalue weighted by atomic mass is 9.96. The maximum absolute atomic E-state index is 13.4. The molecule has 1 fully saturated rings. The highest BCUT2D eigenvalue weighted by Crippen LogP contribution is 2.25. The van der Waals surface area contributed by atoms with Crippen molar-refractivity contribution in [2.45, 2.75) is 32.9 Å². The summed E-state index contributed by atoms with van der Waals surface area (Å²) in [5.41, 5.74) is 3.45. The van der Waals surface area contributed by atoms with Gasteiger partial charge in [-0.3, -0.25) is 4.90 Å². The van der Waals surface area contributed by atoms with Crippen molar-refractivity contribution >= 4 is 0 Å². The van der Waals surface area contributed by atoms with Gasteiger partial charge < -0.3 is 4.57 Å². The zero-order chi connectivity index (χ0) is 18.6. The molecule has 2 aromatic carbocycles. The largest absolute Gasteiger partial charge is 0.328 e. The lowest BCUT2D eigenvalue weighted by Crippen LogP contribution is -2.34. The minimum absolute atomic E-state index is 0.147. The molecule has 3 nitrogen and oxygen atoms in total. The van der Waals surface area contributed by atoms with Crippen LogP contribution in [0.5, 0.6) is 0 Å². The molecular weight excluding hydrogens is 337 g/mol. The fourth-order valence-electron chi connectivity index (χ4n) is 3.99. The van der Waals surface area contributed by atoms with Gasteiger partial charge in [-0.25, -0.2) is 9.37 Å². The summed E-state index contributed by atoms with van der Waals surface area (Å²) in [6.07, 6.45) is 4.31. The summed E-state index contributed by atoms with van der Waals surface area (Å²) in [6, 6.07) is 17.4. The van der Waals surface area contributed by atoms with Crippen LogP contribution in [0.4, 0.5) is 4.39 Å². The first-order valence-corrected chi connectivity index (χ1v) is 9.73. The fraction of sp³-hybridized carbons (Fsp3) is 0.348. The molecule has 27 heavy (non-hydrogen) atoms. The summed E-state index contributed by atoms with van der Waals surface area (Å²) >= 11 is 0. The first kappa shape index (κ1) is 17.9. The Bertz CT molecular complexity index is 880. The average molecular weight is 363 g/mol. The predicted octanol–water partition coefficient (Wildman–Crippen LogP) is 4.91. The summed E-state index contributed by atoms with van der Waals surface area (Å²) in [6.45, 7) is 6.12. The monoisotopic (exact) mass is 363 g/mol. The average Bonchev–Trinajstić information content (AvgIpc) is 3.05. The van der Waals surface area contributed by atoms with Gasteiger partial charge in [-0.15, -0.1) is 0 Å². The van der Waals surface area contributed by atoms with Gasteiger partial charge in [0.15, 0.2) is 0 Å². The Kier molecular flexibility index (Phi) is 5.35. The molecule has 1 aliphatic rings. The van der Waals surface area contributed by atoms with Crippen LogP contribution in [0.3, 0.4) is 0 Å². The van der Waals surface area contributed by atoms with E-state index in [4.69, 9.17) is 0 Å². The number of hydrogen-bond donors (Lipinski definition) is 0. The third-order valence-corrected chi connectivity index (χ3v) is 5.53. The van der Waals surface area contributed by atoms with Gasteiger partial charge in [-0.1, -0.05) is 42.5 Å². The summed E-state index contributed by atoms with van der Waals surface area (Å²) in [7, 11) is 0. The van der Waals surface area contributed by atoms with Gasteiger partial charge in [0.05, 0.1) is 0 Å². The van der Waals surface area contributed by atoms with Gasteiger partial charge >= 0.3 is 0 Å². The standard InChI is InChI=1S/C23H26FN3/c1-18-15-25-23(21-7-3-2-4-8-21)27(18)17-19-10-12-26(13-11-19)16-20-6-5-9-22(24)14-20/h2-9,14-15,19H,10-13,16-17H2,1H3. The smallest absolute Gasteiger partial charge is 0.140 e. The van der Waals surface area contributed by atoms with Crippen molar-refractivity contribution in [3.8, 4) is 11.4 Å². The molecule has 4 heteroatoms. The highest BCUT2D eigenvalue weighted by Gasteiger charge is 2.21.